The van der Waals surface area contributed by atoms with E-state index in [1.807, 2.05) is 12.1 Å². The van der Waals surface area contributed by atoms with Gasteiger partial charge in [-0.2, -0.15) is 0 Å². The molecule has 41 heavy (non-hydrogen) atoms. The first-order valence-corrected chi connectivity index (χ1v) is 14.4. The highest BCUT2D eigenvalue weighted by Gasteiger charge is 2.51. The van der Waals surface area contributed by atoms with Crippen LogP contribution in [0.3, 0.4) is 0 Å². The molecule has 1 atom stereocenters. The summed E-state index contributed by atoms with van der Waals surface area (Å²) >= 11 is 5.21. The summed E-state index contributed by atoms with van der Waals surface area (Å²) < 4.78 is 0. The molecule has 10 heteroatoms. The van der Waals surface area contributed by atoms with Gasteiger partial charge in [0.15, 0.2) is 5.11 Å². The van der Waals surface area contributed by atoms with Gasteiger partial charge in [0.1, 0.15) is 11.5 Å². The van der Waals surface area contributed by atoms with Crippen LogP contribution in [0.4, 0.5) is 16.2 Å². The number of benzene rings is 2. The maximum absolute atomic E-state index is 13.5. The van der Waals surface area contributed by atoms with Crippen molar-refractivity contribution in [2.24, 2.45) is 23.7 Å². The lowest BCUT2D eigenvalue weighted by molar-refractivity contribution is -0.131. The van der Waals surface area contributed by atoms with Gasteiger partial charge in [0.25, 0.3) is 11.8 Å². The SMILES string of the molecule is O=C1NC(=O)N(c2ccc(C34CC5CC(CC(C5)C3)C4)cc2)C(=O)/C1=C/[C@H]1C(=O)NC(=S)N(c2ccccc2)C1=O. The Bertz CT molecular complexity index is 1510. The molecule has 6 aliphatic rings. The van der Waals surface area contributed by atoms with Gasteiger partial charge in [-0.05, 0) is 110 Å². The van der Waals surface area contributed by atoms with Gasteiger partial charge < -0.3 is 5.32 Å². The van der Waals surface area contributed by atoms with E-state index in [2.05, 4.69) is 10.6 Å². The van der Waals surface area contributed by atoms with E-state index in [1.54, 1.807) is 42.5 Å². The number of rotatable bonds is 4. The predicted octanol–water partition coefficient (Wildman–Crippen LogP) is 3.73. The molecule has 6 fully saturated rings. The molecular weight excluding hydrogens is 540 g/mol. The van der Waals surface area contributed by atoms with Gasteiger partial charge in [-0.3, -0.25) is 29.4 Å². The van der Waals surface area contributed by atoms with Crippen LogP contribution in [0.5, 0.6) is 0 Å². The Balaban J connectivity index is 1.17. The zero-order valence-electron chi connectivity index (χ0n) is 22.2. The minimum Gasteiger partial charge on any atom is -0.301 e. The van der Waals surface area contributed by atoms with Gasteiger partial charge >= 0.3 is 6.03 Å². The van der Waals surface area contributed by atoms with Crippen LogP contribution < -0.4 is 20.4 Å². The van der Waals surface area contributed by atoms with Crippen LogP contribution in [0.1, 0.15) is 44.1 Å². The third-order valence-corrected chi connectivity index (χ3v) is 9.71. The van der Waals surface area contributed by atoms with Crippen molar-refractivity contribution in [3.63, 3.8) is 0 Å². The lowest BCUT2D eigenvalue weighted by Gasteiger charge is -2.57. The summed E-state index contributed by atoms with van der Waals surface area (Å²) in [6.07, 6.45) is 8.56. The summed E-state index contributed by atoms with van der Waals surface area (Å²) in [5.41, 5.74) is 1.66. The third-order valence-electron chi connectivity index (χ3n) is 9.43. The smallest absolute Gasteiger partial charge is 0.301 e. The van der Waals surface area contributed by atoms with Crippen LogP contribution in [0.15, 0.2) is 66.2 Å². The van der Waals surface area contributed by atoms with Crippen molar-refractivity contribution in [1.82, 2.24) is 10.6 Å². The Morgan fingerprint density at radius 1 is 0.756 bits per heavy atom. The Kier molecular flexibility index (Phi) is 5.93. The maximum atomic E-state index is 13.5. The predicted molar refractivity (Wildman–Crippen MR) is 154 cm³/mol. The van der Waals surface area contributed by atoms with Crippen LogP contribution in [0, 0.1) is 23.7 Å². The molecule has 2 N–H and O–H groups in total. The molecule has 0 aromatic heterocycles. The Hall–Kier alpha value is -4.18. The van der Waals surface area contributed by atoms with Gasteiger partial charge in [0.05, 0.1) is 11.4 Å². The quantitative estimate of drug-likeness (QED) is 0.251. The molecule has 9 nitrogen and oxygen atoms in total. The molecule has 0 radical (unpaired) electrons. The van der Waals surface area contributed by atoms with Gasteiger partial charge in [-0.15, -0.1) is 0 Å². The molecule has 2 saturated heterocycles. The van der Waals surface area contributed by atoms with Crippen molar-refractivity contribution in [3.05, 3.63) is 71.8 Å². The molecule has 2 aromatic carbocycles. The van der Waals surface area contributed by atoms with E-state index in [0.29, 0.717) is 11.4 Å². The van der Waals surface area contributed by atoms with Crippen LogP contribution in [-0.4, -0.2) is 34.8 Å². The lowest BCUT2D eigenvalue weighted by atomic mass is 9.48. The summed E-state index contributed by atoms with van der Waals surface area (Å²) in [4.78, 5) is 67.3. The van der Waals surface area contributed by atoms with Crippen molar-refractivity contribution in [2.45, 2.75) is 43.9 Å². The molecule has 2 heterocycles. The topological polar surface area (TPSA) is 116 Å². The van der Waals surface area contributed by atoms with E-state index < -0.39 is 41.2 Å². The Morgan fingerprint density at radius 3 is 1.95 bits per heavy atom. The summed E-state index contributed by atoms with van der Waals surface area (Å²) in [6.45, 7) is 0. The number of nitrogens with one attached hydrogen (secondary N) is 2. The number of carbonyl (C=O) groups is 5. The molecular formula is C31H28N4O5S. The van der Waals surface area contributed by atoms with Crippen molar-refractivity contribution >= 4 is 58.4 Å². The Morgan fingerprint density at radius 2 is 1.34 bits per heavy atom. The van der Waals surface area contributed by atoms with Crippen LogP contribution in [-0.2, 0) is 24.6 Å². The number of hydrogen-bond acceptors (Lipinski definition) is 6. The highest BCUT2D eigenvalue weighted by Crippen LogP contribution is 2.60. The van der Waals surface area contributed by atoms with Gasteiger partial charge in [0, 0.05) is 0 Å². The molecule has 2 aliphatic heterocycles. The van der Waals surface area contributed by atoms with Crippen LogP contribution >= 0.6 is 12.2 Å². The highest BCUT2D eigenvalue weighted by atomic mass is 32.1. The fraction of sp³-hybridized carbons (Fsp3) is 0.355. The van der Waals surface area contributed by atoms with E-state index >= 15 is 0 Å². The molecule has 2 aromatic rings. The first kappa shape index (κ1) is 25.8. The number of hydrogen-bond donors (Lipinski definition) is 2. The number of anilines is 2. The molecule has 4 aliphatic carbocycles. The zero-order chi connectivity index (χ0) is 28.5. The molecule has 4 saturated carbocycles. The summed E-state index contributed by atoms with van der Waals surface area (Å²) in [6, 6.07) is 15.1. The number of imide groups is 2. The maximum Gasteiger partial charge on any atom is 0.335 e. The first-order valence-electron chi connectivity index (χ1n) is 14.0. The van der Waals surface area contributed by atoms with Crippen molar-refractivity contribution < 1.29 is 24.0 Å². The van der Waals surface area contributed by atoms with E-state index in [9.17, 15) is 24.0 Å². The summed E-state index contributed by atoms with van der Waals surface area (Å²) in [5, 5.41) is 4.55. The van der Waals surface area contributed by atoms with Gasteiger partial charge in [-0.25, -0.2) is 9.69 Å². The van der Waals surface area contributed by atoms with E-state index in [1.165, 1.54) is 44.1 Å². The van der Waals surface area contributed by atoms with E-state index in [-0.39, 0.29) is 10.5 Å². The minimum atomic E-state index is -1.50. The number of para-hydroxylation sites is 1. The Labute approximate surface area is 241 Å². The van der Waals surface area contributed by atoms with Gasteiger partial charge in [0.2, 0.25) is 11.8 Å². The van der Waals surface area contributed by atoms with Crippen LogP contribution in [0.25, 0.3) is 0 Å². The highest BCUT2D eigenvalue weighted by molar-refractivity contribution is 7.80. The minimum absolute atomic E-state index is 0.101. The fourth-order valence-electron chi connectivity index (χ4n) is 8.07. The van der Waals surface area contributed by atoms with Crippen molar-refractivity contribution in [3.8, 4) is 0 Å². The lowest BCUT2D eigenvalue weighted by Crippen LogP contribution is -2.58. The van der Waals surface area contributed by atoms with Crippen molar-refractivity contribution in [1.29, 1.82) is 0 Å². The van der Waals surface area contributed by atoms with E-state index in [4.69, 9.17) is 12.2 Å². The number of amides is 6. The largest absolute Gasteiger partial charge is 0.335 e. The average Bonchev–Trinajstić information content (AvgIpc) is 2.92. The summed E-state index contributed by atoms with van der Waals surface area (Å²) in [7, 11) is 0. The monoisotopic (exact) mass is 568 g/mol. The van der Waals surface area contributed by atoms with Crippen LogP contribution in [0.2, 0.25) is 0 Å². The molecule has 4 bridgehead atoms. The second kappa shape index (κ2) is 9.44. The fourth-order valence-corrected chi connectivity index (χ4v) is 8.36. The number of urea groups is 1. The number of thiocarbonyl (C=S) groups is 1. The summed E-state index contributed by atoms with van der Waals surface area (Å²) in [5.74, 6) is -2.50. The molecule has 208 valence electrons. The second-order valence-corrected chi connectivity index (χ2v) is 12.4. The number of nitrogens with zero attached hydrogens (tertiary/aromatic N) is 2. The molecule has 8 rings (SSSR count). The van der Waals surface area contributed by atoms with E-state index in [0.717, 1.165) is 33.6 Å². The number of barbiturate groups is 1. The second-order valence-electron chi connectivity index (χ2n) is 12.0. The molecule has 6 amide bonds. The normalized spacial score (nSPS) is 32.0. The van der Waals surface area contributed by atoms with Crippen molar-refractivity contribution in [2.75, 3.05) is 9.80 Å². The van der Waals surface area contributed by atoms with Gasteiger partial charge in [-0.1, -0.05) is 30.3 Å². The molecule has 0 spiro atoms. The number of carbonyl (C=O) groups excluding carboxylic acids is 5. The molecule has 0 unspecified atom stereocenters. The average molecular weight is 569 g/mol. The standard InChI is InChI=1S/C31H28N4O5S/c36-25-23(13-24-26(37)33-30(41)35(28(24)39)21-4-2-1-3-5-21)27(38)34(29(40)32-25)22-8-6-20(7-9-22)31-14-17-10-18(15-31)12-19(11-17)16-31/h1-9,13,17-19,24H,10-12,14-16H2,(H,32,36,40)(H,33,37,41)/b23-13+/t17?,18?,19?,24-,31?/m0/s1. The zero-order valence-corrected chi connectivity index (χ0v) is 23.0. The third kappa shape index (κ3) is 4.20. The first-order chi connectivity index (χ1) is 19.7.